The van der Waals surface area contributed by atoms with Crippen LogP contribution < -0.4 is 5.73 Å². The van der Waals surface area contributed by atoms with Gasteiger partial charge in [-0.2, -0.15) is 0 Å². The number of nitrogens with two attached hydrogens (primary N) is 1. The molecule has 0 heterocycles. The highest BCUT2D eigenvalue weighted by Crippen LogP contribution is 2.09. The van der Waals surface area contributed by atoms with Gasteiger partial charge in [0.05, 0.1) is 6.04 Å². The van der Waals surface area contributed by atoms with E-state index >= 15 is 0 Å². The van der Waals surface area contributed by atoms with Crippen LogP contribution in [0.25, 0.3) is 0 Å². The molecule has 0 radical (unpaired) electrons. The van der Waals surface area contributed by atoms with Gasteiger partial charge in [-0.1, -0.05) is 50.6 Å². The van der Waals surface area contributed by atoms with Crippen molar-refractivity contribution in [3.8, 4) is 0 Å². The standard InChI is InChI=1S/C16H26N2O/c1-4-13(3)15(17)16(19)18(5-2)12-11-14-9-7-6-8-10-14/h6-10,13,15H,4-5,11-12,17H2,1-3H3/t13-,15-/m0/s1. The Hall–Kier alpha value is -1.35. The zero-order chi connectivity index (χ0) is 14.3. The first-order valence-electron chi connectivity index (χ1n) is 7.18. The number of carbonyl (C=O) groups is 1. The van der Waals surface area contributed by atoms with Crippen molar-refractivity contribution in [1.29, 1.82) is 0 Å². The Morgan fingerprint density at radius 1 is 1.26 bits per heavy atom. The highest BCUT2D eigenvalue weighted by molar-refractivity contribution is 5.81. The van der Waals surface area contributed by atoms with Gasteiger partial charge in [0, 0.05) is 13.1 Å². The van der Waals surface area contributed by atoms with E-state index in [9.17, 15) is 4.79 Å². The highest BCUT2D eigenvalue weighted by atomic mass is 16.2. The van der Waals surface area contributed by atoms with E-state index < -0.39 is 0 Å². The van der Waals surface area contributed by atoms with E-state index in [-0.39, 0.29) is 17.9 Å². The Morgan fingerprint density at radius 3 is 2.42 bits per heavy atom. The second-order valence-electron chi connectivity index (χ2n) is 5.06. The van der Waals surface area contributed by atoms with Crippen molar-refractivity contribution >= 4 is 5.91 Å². The minimum atomic E-state index is -0.374. The first-order chi connectivity index (χ1) is 9.10. The molecule has 0 aromatic heterocycles. The quantitative estimate of drug-likeness (QED) is 0.820. The van der Waals surface area contributed by atoms with Crippen LogP contribution in [0.15, 0.2) is 30.3 Å². The van der Waals surface area contributed by atoms with Crippen molar-refractivity contribution in [1.82, 2.24) is 4.90 Å². The van der Waals surface area contributed by atoms with Crippen molar-refractivity contribution in [2.45, 2.75) is 39.7 Å². The predicted octanol–water partition coefficient (Wildman–Crippen LogP) is 2.45. The molecule has 0 aliphatic rings. The minimum Gasteiger partial charge on any atom is -0.341 e. The summed E-state index contributed by atoms with van der Waals surface area (Å²) in [5.74, 6) is 0.311. The molecule has 0 aliphatic heterocycles. The molecular formula is C16H26N2O. The average molecular weight is 262 g/mol. The van der Waals surface area contributed by atoms with Gasteiger partial charge in [-0.25, -0.2) is 0 Å². The number of carbonyl (C=O) groups excluding carboxylic acids is 1. The number of likely N-dealkylation sites (N-methyl/N-ethyl adjacent to an activating group) is 1. The van der Waals surface area contributed by atoms with Gasteiger partial charge in [0.2, 0.25) is 5.91 Å². The monoisotopic (exact) mass is 262 g/mol. The summed E-state index contributed by atoms with van der Waals surface area (Å²) in [6, 6.07) is 9.86. The molecule has 106 valence electrons. The van der Waals surface area contributed by atoms with Gasteiger partial charge in [0.1, 0.15) is 0 Å². The number of hydrogen-bond donors (Lipinski definition) is 1. The lowest BCUT2D eigenvalue weighted by molar-refractivity contribution is -0.133. The largest absolute Gasteiger partial charge is 0.341 e. The zero-order valence-electron chi connectivity index (χ0n) is 12.3. The maximum absolute atomic E-state index is 12.3. The van der Waals surface area contributed by atoms with Gasteiger partial charge in [-0.3, -0.25) is 4.79 Å². The Bertz CT molecular complexity index is 378. The molecule has 0 saturated carbocycles. The van der Waals surface area contributed by atoms with E-state index in [2.05, 4.69) is 19.1 Å². The van der Waals surface area contributed by atoms with Crippen molar-refractivity contribution in [3.05, 3.63) is 35.9 Å². The normalized spacial score (nSPS) is 13.9. The number of hydrogen-bond acceptors (Lipinski definition) is 2. The molecule has 19 heavy (non-hydrogen) atoms. The fourth-order valence-electron chi connectivity index (χ4n) is 2.04. The van der Waals surface area contributed by atoms with Gasteiger partial charge >= 0.3 is 0 Å². The molecule has 1 rings (SSSR count). The van der Waals surface area contributed by atoms with E-state index in [4.69, 9.17) is 5.73 Å². The van der Waals surface area contributed by atoms with Crippen LogP contribution in [0, 0.1) is 5.92 Å². The molecule has 1 amide bonds. The molecule has 2 atom stereocenters. The second-order valence-corrected chi connectivity index (χ2v) is 5.06. The van der Waals surface area contributed by atoms with Crippen molar-refractivity contribution < 1.29 is 4.79 Å². The van der Waals surface area contributed by atoms with Crippen LogP contribution in [0.5, 0.6) is 0 Å². The third-order valence-electron chi connectivity index (χ3n) is 3.75. The summed E-state index contributed by atoms with van der Waals surface area (Å²) in [4.78, 5) is 14.2. The zero-order valence-corrected chi connectivity index (χ0v) is 12.3. The van der Waals surface area contributed by atoms with E-state index in [1.807, 2.05) is 36.9 Å². The van der Waals surface area contributed by atoms with Crippen molar-refractivity contribution in [2.24, 2.45) is 11.7 Å². The number of rotatable bonds is 7. The molecule has 0 fully saturated rings. The van der Waals surface area contributed by atoms with Gasteiger partial charge in [-0.05, 0) is 24.8 Å². The van der Waals surface area contributed by atoms with E-state index in [0.717, 1.165) is 25.9 Å². The molecule has 1 aromatic rings. The molecule has 1 aromatic carbocycles. The molecule has 0 unspecified atom stereocenters. The molecule has 2 N–H and O–H groups in total. The van der Waals surface area contributed by atoms with Gasteiger partial charge in [0.15, 0.2) is 0 Å². The summed E-state index contributed by atoms with van der Waals surface area (Å²) >= 11 is 0. The summed E-state index contributed by atoms with van der Waals surface area (Å²) in [6.45, 7) is 7.57. The fraction of sp³-hybridized carbons (Fsp3) is 0.562. The first-order valence-corrected chi connectivity index (χ1v) is 7.18. The van der Waals surface area contributed by atoms with Crippen LogP contribution >= 0.6 is 0 Å². The first kappa shape index (κ1) is 15.7. The summed E-state index contributed by atoms with van der Waals surface area (Å²) in [5.41, 5.74) is 7.28. The lowest BCUT2D eigenvalue weighted by Crippen LogP contribution is -2.47. The SMILES string of the molecule is CC[C@H](C)[C@H](N)C(=O)N(CC)CCc1ccccc1. The molecule has 0 aliphatic carbocycles. The fourth-order valence-corrected chi connectivity index (χ4v) is 2.04. The smallest absolute Gasteiger partial charge is 0.239 e. The average Bonchev–Trinajstić information content (AvgIpc) is 2.47. The molecule has 3 nitrogen and oxygen atoms in total. The summed E-state index contributed by atoms with van der Waals surface area (Å²) in [5, 5.41) is 0. The molecular weight excluding hydrogens is 236 g/mol. The van der Waals surface area contributed by atoms with Gasteiger partial charge < -0.3 is 10.6 Å². The number of benzene rings is 1. The Kier molecular flexibility index (Phi) is 6.57. The molecule has 0 spiro atoms. The van der Waals surface area contributed by atoms with Crippen LogP contribution in [0.1, 0.15) is 32.8 Å². The summed E-state index contributed by atoms with van der Waals surface area (Å²) in [7, 11) is 0. The van der Waals surface area contributed by atoms with Crippen molar-refractivity contribution in [3.63, 3.8) is 0 Å². The maximum atomic E-state index is 12.3. The lowest BCUT2D eigenvalue weighted by Gasteiger charge is -2.27. The Balaban J connectivity index is 2.56. The third-order valence-corrected chi connectivity index (χ3v) is 3.75. The van der Waals surface area contributed by atoms with Crippen LogP contribution in [0.3, 0.4) is 0 Å². The van der Waals surface area contributed by atoms with Gasteiger partial charge in [-0.15, -0.1) is 0 Å². The minimum absolute atomic E-state index is 0.0766. The number of nitrogens with zero attached hydrogens (tertiary/aromatic N) is 1. The second kappa shape index (κ2) is 7.95. The highest BCUT2D eigenvalue weighted by Gasteiger charge is 2.23. The summed E-state index contributed by atoms with van der Waals surface area (Å²) < 4.78 is 0. The Labute approximate surface area is 116 Å². The molecule has 3 heteroatoms. The van der Waals surface area contributed by atoms with E-state index in [1.165, 1.54) is 5.56 Å². The van der Waals surface area contributed by atoms with Crippen LogP contribution in [-0.4, -0.2) is 29.9 Å². The number of amides is 1. The van der Waals surface area contributed by atoms with Crippen LogP contribution in [0.4, 0.5) is 0 Å². The Morgan fingerprint density at radius 2 is 1.89 bits per heavy atom. The van der Waals surface area contributed by atoms with E-state index in [1.54, 1.807) is 0 Å². The molecule has 0 bridgehead atoms. The van der Waals surface area contributed by atoms with Crippen LogP contribution in [0.2, 0.25) is 0 Å². The van der Waals surface area contributed by atoms with E-state index in [0.29, 0.717) is 0 Å². The maximum Gasteiger partial charge on any atom is 0.239 e. The van der Waals surface area contributed by atoms with Gasteiger partial charge in [0.25, 0.3) is 0 Å². The topological polar surface area (TPSA) is 46.3 Å². The summed E-state index contributed by atoms with van der Waals surface area (Å²) in [6.07, 6.45) is 1.82. The lowest BCUT2D eigenvalue weighted by atomic mass is 9.98. The third kappa shape index (κ3) is 4.67. The van der Waals surface area contributed by atoms with Crippen LogP contribution in [-0.2, 0) is 11.2 Å². The molecule has 0 saturated heterocycles. The van der Waals surface area contributed by atoms with Crippen molar-refractivity contribution in [2.75, 3.05) is 13.1 Å². The predicted molar refractivity (Wildman–Crippen MR) is 79.8 cm³/mol.